The highest BCUT2D eigenvalue weighted by molar-refractivity contribution is 5.86. The van der Waals surface area contributed by atoms with E-state index in [1.165, 1.54) is 12.8 Å². The number of aldehydes is 1. The first-order valence-electron chi connectivity index (χ1n) is 21.9. The maximum absolute atomic E-state index is 12.0. The summed E-state index contributed by atoms with van der Waals surface area (Å²) in [5.74, 6) is 15.9. The molecule has 0 saturated heterocycles. The predicted octanol–water partition coefficient (Wildman–Crippen LogP) is 12.4. The van der Waals surface area contributed by atoms with Gasteiger partial charge < -0.3 is 24.2 Å². The molecule has 0 fully saturated rings. The molecule has 0 radical (unpaired) electrons. The summed E-state index contributed by atoms with van der Waals surface area (Å²) in [4.78, 5) is 29.6. The van der Waals surface area contributed by atoms with Crippen molar-refractivity contribution in [3.8, 4) is 40.9 Å². The van der Waals surface area contributed by atoms with Crippen LogP contribution >= 0.6 is 0 Å². The van der Waals surface area contributed by atoms with Crippen LogP contribution in [0.3, 0.4) is 0 Å². The van der Waals surface area contributed by atoms with Gasteiger partial charge in [0.1, 0.15) is 17.2 Å². The summed E-state index contributed by atoms with van der Waals surface area (Å²) in [7, 11) is 1.68. The van der Waals surface area contributed by atoms with Gasteiger partial charge in [0.05, 0.1) is 76.4 Å². The van der Waals surface area contributed by atoms with Crippen molar-refractivity contribution in [2.75, 3.05) is 20.3 Å². The Balaban J connectivity index is 1.36. The number of unbranched alkanes of at least 4 members (excludes halogenated alkanes) is 6. The molecule has 2 aliphatic rings. The molecule has 7 rings (SSSR count). The number of aromatic amines is 2. The van der Waals surface area contributed by atoms with Crippen LogP contribution in [0.4, 0.5) is 0 Å². The molecule has 0 unspecified atom stereocenters. The minimum absolute atomic E-state index is 0.527. The normalized spacial score (nSPS) is 11.5. The van der Waals surface area contributed by atoms with E-state index in [-0.39, 0.29) is 0 Å². The Morgan fingerprint density at radius 1 is 0.548 bits per heavy atom. The second-order valence-corrected chi connectivity index (χ2v) is 16.0. The van der Waals surface area contributed by atoms with Gasteiger partial charge in [0.15, 0.2) is 6.29 Å². The van der Waals surface area contributed by atoms with E-state index < -0.39 is 0 Å². The van der Waals surface area contributed by atoms with Crippen molar-refractivity contribution in [2.24, 2.45) is 0 Å². The summed E-state index contributed by atoms with van der Waals surface area (Å²) in [5.41, 5.74) is 14.2. The first kappa shape index (κ1) is 43.3. The van der Waals surface area contributed by atoms with Crippen molar-refractivity contribution in [1.82, 2.24) is 19.9 Å². The molecule has 0 aliphatic carbocycles. The Morgan fingerprint density at radius 3 is 1.65 bits per heavy atom. The summed E-state index contributed by atoms with van der Waals surface area (Å²) in [5, 5.41) is 0. The summed E-state index contributed by atoms with van der Waals surface area (Å²) < 4.78 is 18.1. The van der Waals surface area contributed by atoms with Gasteiger partial charge >= 0.3 is 0 Å². The molecule has 0 amide bonds. The minimum atomic E-state index is 0.527. The highest BCUT2D eigenvalue weighted by atomic mass is 16.5. The lowest BCUT2D eigenvalue weighted by Gasteiger charge is -2.12. The van der Waals surface area contributed by atoms with Crippen LogP contribution in [0.25, 0.3) is 46.4 Å². The molecule has 62 heavy (non-hydrogen) atoms. The molecule has 316 valence electrons. The molecular weight excluding hydrogens is 769 g/mol. The number of rotatable bonds is 14. The zero-order valence-electron chi connectivity index (χ0n) is 37.1. The van der Waals surface area contributed by atoms with Crippen LogP contribution in [0.2, 0.25) is 0 Å². The number of nitrogens with zero attached hydrogens (tertiary/aromatic N) is 2. The highest BCUT2D eigenvalue weighted by Crippen LogP contribution is 2.30. The minimum Gasteiger partial charge on any atom is -0.496 e. The van der Waals surface area contributed by atoms with Gasteiger partial charge in [-0.15, -0.1) is 0 Å². The topological polar surface area (TPSA) is 102 Å². The zero-order valence-corrected chi connectivity index (χ0v) is 37.1. The first-order chi connectivity index (χ1) is 30.2. The zero-order chi connectivity index (χ0) is 43.6. The Labute approximate surface area is 365 Å². The van der Waals surface area contributed by atoms with Crippen molar-refractivity contribution < 1.29 is 19.0 Å². The Morgan fingerprint density at radius 2 is 1.08 bits per heavy atom. The van der Waals surface area contributed by atoms with Gasteiger partial charge in [0, 0.05) is 22.7 Å². The number of fused-ring (bicyclic) bond motifs is 8. The maximum Gasteiger partial charge on any atom is 0.153 e. The first-order valence-corrected chi connectivity index (χ1v) is 21.9. The van der Waals surface area contributed by atoms with Crippen LogP contribution in [0.15, 0.2) is 48.5 Å². The van der Waals surface area contributed by atoms with Gasteiger partial charge in [-0.25, -0.2) is 9.97 Å². The number of aryl methyl sites for hydroxylation is 4. The Hall–Kier alpha value is -6.77. The van der Waals surface area contributed by atoms with E-state index in [9.17, 15) is 4.79 Å². The molecule has 8 nitrogen and oxygen atoms in total. The average molecular weight is 825 g/mol. The van der Waals surface area contributed by atoms with Gasteiger partial charge in [-0.1, -0.05) is 76.1 Å². The number of H-pyrrole nitrogens is 2. The lowest BCUT2D eigenvalue weighted by Crippen LogP contribution is -2.01. The van der Waals surface area contributed by atoms with E-state index in [0.717, 1.165) is 134 Å². The monoisotopic (exact) mass is 824 g/mol. The largest absolute Gasteiger partial charge is 0.496 e. The van der Waals surface area contributed by atoms with Crippen LogP contribution in [-0.2, 0) is 0 Å². The number of aromatic nitrogens is 4. The van der Waals surface area contributed by atoms with Crippen LogP contribution in [0.5, 0.6) is 17.2 Å². The summed E-state index contributed by atoms with van der Waals surface area (Å²) in [6.45, 7) is 13.7. The van der Waals surface area contributed by atoms with E-state index in [2.05, 4.69) is 85.6 Å². The summed E-state index contributed by atoms with van der Waals surface area (Å²) in [6, 6.07) is 16.0. The van der Waals surface area contributed by atoms with Crippen LogP contribution in [-0.4, -0.2) is 46.5 Å². The molecule has 0 saturated carbocycles. The number of methoxy groups -OCH3 is 1. The number of hydrogen-bond acceptors (Lipinski definition) is 6. The molecule has 8 heteroatoms. The van der Waals surface area contributed by atoms with Crippen molar-refractivity contribution in [3.63, 3.8) is 0 Å². The predicted molar refractivity (Wildman–Crippen MR) is 254 cm³/mol. The number of carbonyl (C=O) groups is 1. The third kappa shape index (κ3) is 9.88. The molecule has 5 aromatic rings. The number of carbonyl (C=O) groups excluding carboxylic acids is 1. The van der Waals surface area contributed by atoms with Crippen LogP contribution < -0.4 is 14.2 Å². The highest BCUT2D eigenvalue weighted by Gasteiger charge is 2.15. The van der Waals surface area contributed by atoms with Crippen molar-refractivity contribution >= 4 is 52.7 Å². The summed E-state index contributed by atoms with van der Waals surface area (Å²) in [6.07, 6.45) is 17.7. The number of nitrogens with one attached hydrogen (secondary N) is 2. The third-order valence-corrected chi connectivity index (χ3v) is 11.4. The van der Waals surface area contributed by atoms with Gasteiger partial charge in [-0.05, 0) is 130 Å². The van der Waals surface area contributed by atoms with Crippen molar-refractivity contribution in [3.05, 3.63) is 121 Å². The van der Waals surface area contributed by atoms with Crippen molar-refractivity contribution in [1.29, 1.82) is 0 Å². The molecule has 5 heterocycles. The van der Waals surface area contributed by atoms with E-state index in [0.29, 0.717) is 35.8 Å². The van der Waals surface area contributed by atoms with Gasteiger partial charge in [0.2, 0.25) is 0 Å². The Kier molecular flexibility index (Phi) is 14.1. The molecule has 2 aromatic carbocycles. The number of ether oxygens (including phenoxy) is 3. The smallest absolute Gasteiger partial charge is 0.153 e. The molecule has 2 N–H and O–H groups in total. The lowest BCUT2D eigenvalue weighted by molar-refractivity contribution is 0.111. The summed E-state index contributed by atoms with van der Waals surface area (Å²) >= 11 is 0. The van der Waals surface area contributed by atoms with E-state index in [4.69, 9.17) is 24.2 Å². The second-order valence-electron chi connectivity index (χ2n) is 16.0. The Bertz CT molecular complexity index is 2750. The molecule has 0 spiro atoms. The molecule has 3 aromatic heterocycles. The number of benzene rings is 2. The average Bonchev–Trinajstić information content (AvgIpc) is 4.13. The fraction of sp³-hybridized carbons (Fsp3) is 0.315. The fourth-order valence-corrected chi connectivity index (χ4v) is 7.61. The van der Waals surface area contributed by atoms with E-state index >= 15 is 0 Å². The third-order valence-electron chi connectivity index (χ3n) is 11.4. The van der Waals surface area contributed by atoms with E-state index in [1.807, 2.05) is 62.4 Å². The SMILES string of the molecule is CCCCCCOc1cc(OC)c(C)cc1C#Cc1c2ccc([nH]2)c(C)c2nc(c(C#Cc3cc(OCCCCCC)c(C=O)cc3C)c3nc(c(C)c4ccc1[nH]4)C=C3)C=C2. The van der Waals surface area contributed by atoms with Crippen LogP contribution in [0.1, 0.15) is 143 Å². The van der Waals surface area contributed by atoms with Crippen molar-refractivity contribution in [2.45, 2.75) is 92.9 Å². The molecule has 0 atom stereocenters. The standard InChI is InChI=1S/C54H56N4O4/c1-8-10-12-14-28-61-53-32-39(35(3)30-41(53)34-59)16-18-42-48-24-20-44(55-48)37(5)46-22-26-50(57-46)43(51-27-23-47(58-51)38(6)45-21-25-49(42)56-45)19-17-40-31-36(4)52(60-7)33-54(40)62-29-15-13-11-9-2/h20-27,30-34,57-58H,8-15,28-29H2,1-7H3. The fourth-order valence-electron chi connectivity index (χ4n) is 7.61. The quantitative estimate of drug-likeness (QED) is 0.0643. The second kappa shape index (κ2) is 20.2. The van der Waals surface area contributed by atoms with E-state index in [1.54, 1.807) is 7.11 Å². The van der Waals surface area contributed by atoms with Crippen LogP contribution in [0, 0.1) is 51.4 Å². The molecule has 2 aliphatic heterocycles. The lowest BCUT2D eigenvalue weighted by atomic mass is 10.0. The van der Waals surface area contributed by atoms with Gasteiger partial charge in [0.25, 0.3) is 0 Å². The van der Waals surface area contributed by atoms with Gasteiger partial charge in [-0.3, -0.25) is 4.79 Å². The van der Waals surface area contributed by atoms with Gasteiger partial charge in [-0.2, -0.15) is 0 Å². The number of hydrogen-bond donors (Lipinski definition) is 2. The molecule has 8 bridgehead atoms. The molecular formula is C54H56N4O4. The maximum atomic E-state index is 12.0.